The molecule has 1 nitrogen and oxygen atoms in total. The lowest BCUT2D eigenvalue weighted by molar-refractivity contribution is 0.670. The Balaban J connectivity index is 1.04. The predicted octanol–water partition coefficient (Wildman–Crippen LogP) is 14.4. The van der Waals surface area contributed by atoms with Gasteiger partial charge in [-0.05, 0) is 102 Å². The molecule has 0 amide bonds. The van der Waals surface area contributed by atoms with Crippen molar-refractivity contribution in [2.24, 2.45) is 0 Å². The van der Waals surface area contributed by atoms with Crippen LogP contribution in [0.4, 0.5) is 0 Å². The summed E-state index contributed by atoms with van der Waals surface area (Å²) >= 11 is 1.86. The largest absolute Gasteiger partial charge is 0.456 e. The van der Waals surface area contributed by atoms with Crippen molar-refractivity contribution in [3.8, 4) is 33.4 Å². The van der Waals surface area contributed by atoms with Crippen LogP contribution in [0.25, 0.3) is 108 Å². The fourth-order valence-corrected chi connectivity index (χ4v) is 9.20. The van der Waals surface area contributed by atoms with Crippen LogP contribution in [0.1, 0.15) is 0 Å². The van der Waals surface area contributed by atoms with E-state index in [2.05, 4.69) is 170 Å². The second-order valence-electron chi connectivity index (χ2n) is 13.2. The van der Waals surface area contributed by atoms with Crippen molar-refractivity contribution >= 4 is 85.8 Å². The van der Waals surface area contributed by atoms with Crippen LogP contribution in [0, 0.1) is 0 Å². The molecule has 11 rings (SSSR count). The lowest BCUT2D eigenvalue weighted by Gasteiger charge is -2.18. The first-order valence-electron chi connectivity index (χ1n) is 17.1. The number of thiophene rings is 1. The van der Waals surface area contributed by atoms with E-state index in [1.807, 2.05) is 11.3 Å². The highest BCUT2D eigenvalue weighted by molar-refractivity contribution is 7.25. The van der Waals surface area contributed by atoms with E-state index < -0.39 is 0 Å². The van der Waals surface area contributed by atoms with Crippen LogP contribution in [0.2, 0.25) is 0 Å². The fourth-order valence-electron chi connectivity index (χ4n) is 8.09. The molecular weight excluding hydrogens is 625 g/mol. The smallest absolute Gasteiger partial charge is 0.136 e. The van der Waals surface area contributed by atoms with Gasteiger partial charge in [-0.2, -0.15) is 0 Å². The molecule has 0 bridgehead atoms. The average molecular weight is 653 g/mol. The molecule has 232 valence electrons. The molecule has 0 aliphatic rings. The van der Waals surface area contributed by atoms with E-state index in [1.54, 1.807) is 0 Å². The van der Waals surface area contributed by atoms with Gasteiger partial charge in [0, 0.05) is 30.9 Å². The van der Waals surface area contributed by atoms with Gasteiger partial charge in [0.2, 0.25) is 0 Å². The first-order valence-corrected chi connectivity index (χ1v) is 17.9. The summed E-state index contributed by atoms with van der Waals surface area (Å²) in [5.41, 5.74) is 9.35. The minimum absolute atomic E-state index is 0.940. The number of rotatable bonds is 3. The first kappa shape index (κ1) is 27.7. The fraction of sp³-hybridized carbons (Fsp3) is 0. The van der Waals surface area contributed by atoms with Gasteiger partial charge in [0.25, 0.3) is 0 Å². The molecule has 50 heavy (non-hydrogen) atoms. The minimum Gasteiger partial charge on any atom is -0.456 e. The molecule has 0 fully saturated rings. The summed E-state index contributed by atoms with van der Waals surface area (Å²) in [5.74, 6) is 0. The van der Waals surface area contributed by atoms with E-state index in [-0.39, 0.29) is 0 Å². The summed E-state index contributed by atoms with van der Waals surface area (Å²) < 4.78 is 9.03. The van der Waals surface area contributed by atoms with Crippen molar-refractivity contribution < 1.29 is 4.42 Å². The number of furan rings is 1. The van der Waals surface area contributed by atoms with Crippen LogP contribution in [0.15, 0.2) is 174 Å². The van der Waals surface area contributed by atoms with Crippen molar-refractivity contribution in [2.45, 2.75) is 0 Å². The Morgan fingerprint density at radius 1 is 0.300 bits per heavy atom. The van der Waals surface area contributed by atoms with E-state index in [0.717, 1.165) is 11.2 Å². The maximum Gasteiger partial charge on any atom is 0.136 e. The standard InChI is InChI=1S/C48H28OS/c1-2-10-30(11-3-1)47-35-14-6-8-16-37(35)48(38-17-9-7-15-36(38)47)31-20-18-29(19-21-31)34-22-23-45-41(25-34)42-27-44-40(28-46(42)50-45)39-24-32-12-4-5-13-33(32)26-43(39)49-44/h1-28H. The van der Waals surface area contributed by atoms with Crippen LogP contribution in [-0.4, -0.2) is 0 Å². The molecule has 0 saturated carbocycles. The van der Waals surface area contributed by atoms with Gasteiger partial charge in [0.1, 0.15) is 11.2 Å². The monoisotopic (exact) mass is 652 g/mol. The number of fused-ring (bicyclic) bond motifs is 9. The first-order chi connectivity index (χ1) is 24.8. The van der Waals surface area contributed by atoms with Gasteiger partial charge in [-0.1, -0.05) is 133 Å². The van der Waals surface area contributed by atoms with Gasteiger partial charge in [-0.3, -0.25) is 0 Å². The zero-order chi connectivity index (χ0) is 32.8. The second kappa shape index (κ2) is 10.6. The van der Waals surface area contributed by atoms with Crippen LogP contribution in [0.5, 0.6) is 0 Å². The molecule has 2 heterocycles. The van der Waals surface area contributed by atoms with E-state index in [4.69, 9.17) is 4.42 Å². The molecular formula is C48H28OS. The maximum atomic E-state index is 6.46. The predicted molar refractivity (Wildman–Crippen MR) is 215 cm³/mol. The maximum absolute atomic E-state index is 6.46. The quantitative estimate of drug-likeness (QED) is 0.173. The third-order valence-corrected chi connectivity index (χ3v) is 11.6. The summed E-state index contributed by atoms with van der Waals surface area (Å²) in [4.78, 5) is 0. The Hall–Kier alpha value is -6.22. The second-order valence-corrected chi connectivity index (χ2v) is 14.3. The topological polar surface area (TPSA) is 13.1 Å². The summed E-state index contributed by atoms with van der Waals surface area (Å²) in [5, 5.41) is 12.4. The lowest BCUT2D eigenvalue weighted by Crippen LogP contribution is -1.90. The summed E-state index contributed by atoms with van der Waals surface area (Å²) in [6, 6.07) is 62.0. The van der Waals surface area contributed by atoms with Gasteiger partial charge < -0.3 is 4.42 Å². The molecule has 0 aliphatic heterocycles. The normalized spacial score (nSPS) is 12.0. The number of benzene rings is 9. The molecule has 0 unspecified atom stereocenters. The van der Waals surface area contributed by atoms with Gasteiger partial charge in [0.15, 0.2) is 0 Å². The van der Waals surface area contributed by atoms with Crippen LogP contribution >= 0.6 is 11.3 Å². The van der Waals surface area contributed by atoms with E-state index in [1.165, 1.54) is 96.6 Å². The highest BCUT2D eigenvalue weighted by Gasteiger charge is 2.17. The molecule has 11 aromatic rings. The zero-order valence-corrected chi connectivity index (χ0v) is 27.8. The van der Waals surface area contributed by atoms with E-state index in [9.17, 15) is 0 Å². The van der Waals surface area contributed by atoms with Crippen LogP contribution in [-0.2, 0) is 0 Å². The number of hydrogen-bond acceptors (Lipinski definition) is 2. The highest BCUT2D eigenvalue weighted by Crippen LogP contribution is 2.45. The third kappa shape index (κ3) is 4.13. The van der Waals surface area contributed by atoms with Crippen molar-refractivity contribution in [3.05, 3.63) is 170 Å². The SMILES string of the molecule is c1ccc(-c2c3ccccc3c(-c3ccc(-c4ccc5sc6cc7c(cc6c5c4)oc4cc5ccccc5cc47)cc3)c3ccccc23)cc1. The molecule has 2 heteroatoms. The third-order valence-electron chi connectivity index (χ3n) is 10.4. The Kier molecular flexibility index (Phi) is 5.89. The lowest BCUT2D eigenvalue weighted by atomic mass is 9.86. The van der Waals surface area contributed by atoms with Gasteiger partial charge in [-0.15, -0.1) is 11.3 Å². The summed E-state index contributed by atoms with van der Waals surface area (Å²) in [6.07, 6.45) is 0. The summed E-state index contributed by atoms with van der Waals surface area (Å²) in [6.45, 7) is 0. The van der Waals surface area contributed by atoms with Crippen LogP contribution < -0.4 is 0 Å². The van der Waals surface area contributed by atoms with Gasteiger partial charge in [0.05, 0.1) is 0 Å². The Bertz CT molecular complexity index is 3070. The van der Waals surface area contributed by atoms with Crippen molar-refractivity contribution in [1.29, 1.82) is 0 Å². The van der Waals surface area contributed by atoms with Gasteiger partial charge in [-0.25, -0.2) is 0 Å². The molecule has 0 spiro atoms. The van der Waals surface area contributed by atoms with Crippen LogP contribution in [0.3, 0.4) is 0 Å². The van der Waals surface area contributed by atoms with Crippen molar-refractivity contribution in [3.63, 3.8) is 0 Å². The van der Waals surface area contributed by atoms with E-state index >= 15 is 0 Å². The average Bonchev–Trinajstić information content (AvgIpc) is 3.71. The summed E-state index contributed by atoms with van der Waals surface area (Å²) in [7, 11) is 0. The molecule has 2 aromatic heterocycles. The minimum atomic E-state index is 0.940. The Morgan fingerprint density at radius 2 is 0.800 bits per heavy atom. The zero-order valence-electron chi connectivity index (χ0n) is 27.0. The van der Waals surface area contributed by atoms with Crippen molar-refractivity contribution in [2.75, 3.05) is 0 Å². The van der Waals surface area contributed by atoms with Crippen molar-refractivity contribution in [1.82, 2.24) is 0 Å². The molecule has 9 aromatic carbocycles. The van der Waals surface area contributed by atoms with Gasteiger partial charge >= 0.3 is 0 Å². The highest BCUT2D eigenvalue weighted by atomic mass is 32.1. The Morgan fingerprint density at radius 3 is 1.48 bits per heavy atom. The molecule has 0 saturated heterocycles. The molecule has 0 N–H and O–H groups in total. The molecule has 0 radical (unpaired) electrons. The molecule has 0 atom stereocenters. The Labute approximate surface area is 292 Å². The van der Waals surface area contributed by atoms with E-state index in [0.29, 0.717) is 0 Å². The number of hydrogen-bond donors (Lipinski definition) is 0. The molecule has 0 aliphatic carbocycles.